The van der Waals surface area contributed by atoms with Gasteiger partial charge < -0.3 is 5.11 Å². The molecule has 2 aromatic carbocycles. The summed E-state index contributed by atoms with van der Waals surface area (Å²) in [5.41, 5.74) is 5.37. The molecule has 0 aliphatic rings. The summed E-state index contributed by atoms with van der Waals surface area (Å²) in [5, 5.41) is 13.5. The van der Waals surface area contributed by atoms with E-state index in [0.29, 0.717) is 17.6 Å². The van der Waals surface area contributed by atoms with Crippen molar-refractivity contribution in [2.75, 3.05) is 5.38 Å². The van der Waals surface area contributed by atoms with Gasteiger partial charge in [0.1, 0.15) is 5.75 Å². The van der Waals surface area contributed by atoms with Crippen LogP contribution in [0.3, 0.4) is 0 Å². The Balaban J connectivity index is 2.35. The third-order valence-corrected chi connectivity index (χ3v) is 9.21. The Labute approximate surface area is 191 Å². The number of thioether (sulfide) groups is 1. The van der Waals surface area contributed by atoms with Crippen molar-refractivity contribution < 1.29 is 5.11 Å². The first-order valence-corrected chi connectivity index (χ1v) is 14.0. The largest absolute Gasteiger partial charge is 0.508 e. The van der Waals surface area contributed by atoms with Crippen LogP contribution in [0.2, 0.25) is 0 Å². The average Bonchev–Trinajstić information content (AvgIpc) is 2.60. The highest BCUT2D eigenvalue weighted by atomic mass is 32.2. The molecule has 166 valence electrons. The number of rotatable bonds is 6. The molecular formula is C27H42OSSi. The first-order valence-electron chi connectivity index (χ1n) is 11.4. The van der Waals surface area contributed by atoms with Crippen LogP contribution in [0, 0.1) is 0 Å². The summed E-state index contributed by atoms with van der Waals surface area (Å²) < 4.78 is 0. The Hall–Kier alpha value is -1.19. The van der Waals surface area contributed by atoms with Gasteiger partial charge in [0.05, 0.1) is 9.52 Å². The topological polar surface area (TPSA) is 20.2 Å². The van der Waals surface area contributed by atoms with Crippen molar-refractivity contribution in [3.05, 3.63) is 52.6 Å². The van der Waals surface area contributed by atoms with Crippen LogP contribution < -0.4 is 5.19 Å². The van der Waals surface area contributed by atoms with E-state index < -0.39 is 9.52 Å². The minimum atomic E-state index is -0.396. The SMILES string of the molecule is CC(C)c1cccc([SiH2]CSc2cc(C(C)(C)C)c(O)cc2C(C)(C)C)c1C(C)C. The fourth-order valence-electron chi connectivity index (χ4n) is 4.20. The highest BCUT2D eigenvalue weighted by Gasteiger charge is 2.25. The third kappa shape index (κ3) is 5.94. The van der Waals surface area contributed by atoms with Gasteiger partial charge >= 0.3 is 0 Å². The summed E-state index contributed by atoms with van der Waals surface area (Å²) in [6.45, 7) is 22.5. The first-order chi connectivity index (χ1) is 13.7. The lowest BCUT2D eigenvalue weighted by Crippen LogP contribution is -2.24. The zero-order chi connectivity index (χ0) is 22.9. The van der Waals surface area contributed by atoms with E-state index in [1.54, 1.807) is 10.8 Å². The quantitative estimate of drug-likeness (QED) is 0.393. The van der Waals surface area contributed by atoms with E-state index in [0.717, 1.165) is 5.56 Å². The Morgan fingerprint density at radius 2 is 1.47 bits per heavy atom. The van der Waals surface area contributed by atoms with Gasteiger partial charge in [-0.1, -0.05) is 92.6 Å². The molecule has 0 fully saturated rings. The van der Waals surface area contributed by atoms with Gasteiger partial charge in [-0.3, -0.25) is 0 Å². The predicted molar refractivity (Wildman–Crippen MR) is 139 cm³/mol. The Morgan fingerprint density at radius 3 is 1.97 bits per heavy atom. The lowest BCUT2D eigenvalue weighted by atomic mass is 9.81. The van der Waals surface area contributed by atoms with Gasteiger partial charge in [-0.15, -0.1) is 11.8 Å². The van der Waals surface area contributed by atoms with Gasteiger partial charge in [0.25, 0.3) is 0 Å². The molecule has 0 saturated heterocycles. The Kier molecular flexibility index (Phi) is 7.96. The summed E-state index contributed by atoms with van der Waals surface area (Å²) in [4.78, 5) is 1.34. The van der Waals surface area contributed by atoms with Crippen molar-refractivity contribution in [1.82, 2.24) is 0 Å². The molecule has 0 saturated carbocycles. The molecule has 0 aliphatic heterocycles. The molecule has 2 rings (SSSR count). The second-order valence-electron chi connectivity index (χ2n) is 11.2. The van der Waals surface area contributed by atoms with E-state index in [9.17, 15) is 5.11 Å². The number of hydrogen-bond acceptors (Lipinski definition) is 2. The van der Waals surface area contributed by atoms with Gasteiger partial charge in [0.2, 0.25) is 0 Å². The smallest absolute Gasteiger partial charge is 0.119 e. The van der Waals surface area contributed by atoms with Crippen molar-refractivity contribution >= 4 is 26.5 Å². The van der Waals surface area contributed by atoms with Crippen LogP contribution in [0.1, 0.15) is 103 Å². The van der Waals surface area contributed by atoms with Crippen molar-refractivity contribution in [3.8, 4) is 5.75 Å². The molecule has 0 atom stereocenters. The summed E-state index contributed by atoms with van der Waals surface area (Å²) in [6.07, 6.45) is 0. The highest BCUT2D eigenvalue weighted by Crippen LogP contribution is 2.40. The molecule has 30 heavy (non-hydrogen) atoms. The van der Waals surface area contributed by atoms with E-state index >= 15 is 0 Å². The van der Waals surface area contributed by atoms with Crippen molar-refractivity contribution in [2.45, 2.75) is 96.8 Å². The summed E-state index contributed by atoms with van der Waals surface area (Å²) >= 11 is 1.99. The van der Waals surface area contributed by atoms with Crippen LogP contribution in [-0.4, -0.2) is 20.0 Å². The molecule has 3 heteroatoms. The molecule has 0 amide bonds. The van der Waals surface area contributed by atoms with Gasteiger partial charge in [0, 0.05) is 10.5 Å². The van der Waals surface area contributed by atoms with Crippen molar-refractivity contribution in [2.24, 2.45) is 0 Å². The maximum Gasteiger partial charge on any atom is 0.119 e. The maximum absolute atomic E-state index is 10.7. The lowest BCUT2D eigenvalue weighted by molar-refractivity contribution is 0.441. The zero-order valence-corrected chi connectivity index (χ0v) is 23.0. The second kappa shape index (κ2) is 9.52. The van der Waals surface area contributed by atoms with E-state index in [-0.39, 0.29) is 10.8 Å². The minimum Gasteiger partial charge on any atom is -0.508 e. The monoisotopic (exact) mass is 442 g/mol. The van der Waals surface area contributed by atoms with E-state index in [1.165, 1.54) is 21.4 Å². The van der Waals surface area contributed by atoms with Crippen LogP contribution in [0.25, 0.3) is 0 Å². The number of phenols is 1. The van der Waals surface area contributed by atoms with Crippen LogP contribution in [0.5, 0.6) is 5.75 Å². The maximum atomic E-state index is 10.7. The average molecular weight is 443 g/mol. The van der Waals surface area contributed by atoms with Crippen molar-refractivity contribution in [1.29, 1.82) is 0 Å². The standard InChI is InChI=1S/C27H42OSSi/c1-17(2)19-12-11-13-24(25(19)18(3)4)30-16-29-23-15-20(26(5,6)7)22(28)14-21(23)27(8,9)10/h11-15,17-18,28H,16,30H2,1-10H3. The Morgan fingerprint density at radius 1 is 0.867 bits per heavy atom. The molecule has 1 nitrogen and oxygen atoms in total. The minimum absolute atomic E-state index is 0.0123. The molecular weight excluding hydrogens is 400 g/mol. The summed E-state index contributed by atoms with van der Waals surface area (Å²) in [6, 6.07) is 11.2. The molecule has 0 unspecified atom stereocenters. The number of benzene rings is 2. The molecule has 0 bridgehead atoms. The molecule has 0 spiro atoms. The fraction of sp³-hybridized carbons (Fsp3) is 0.556. The van der Waals surface area contributed by atoms with Crippen LogP contribution in [0.4, 0.5) is 0 Å². The van der Waals surface area contributed by atoms with Gasteiger partial charge in [-0.2, -0.15) is 0 Å². The van der Waals surface area contributed by atoms with Crippen molar-refractivity contribution in [3.63, 3.8) is 0 Å². The van der Waals surface area contributed by atoms with Crippen LogP contribution >= 0.6 is 11.8 Å². The lowest BCUT2D eigenvalue weighted by Gasteiger charge is -2.28. The molecule has 2 aromatic rings. The Bertz CT molecular complexity index is 870. The van der Waals surface area contributed by atoms with Gasteiger partial charge in [-0.25, -0.2) is 0 Å². The molecule has 0 heterocycles. The van der Waals surface area contributed by atoms with Crippen LogP contribution in [-0.2, 0) is 10.8 Å². The normalized spacial score (nSPS) is 13.2. The predicted octanol–water partition coefficient (Wildman–Crippen LogP) is 6.78. The van der Waals surface area contributed by atoms with E-state index in [1.807, 2.05) is 17.8 Å². The molecule has 0 radical (unpaired) electrons. The number of hydrogen-bond donors (Lipinski definition) is 1. The third-order valence-electron chi connectivity index (χ3n) is 5.77. The zero-order valence-electron chi connectivity index (χ0n) is 20.8. The van der Waals surface area contributed by atoms with Crippen LogP contribution in [0.15, 0.2) is 35.2 Å². The summed E-state index contributed by atoms with van der Waals surface area (Å²) in [5.74, 6) is 1.58. The molecule has 0 aliphatic carbocycles. The van der Waals surface area contributed by atoms with Gasteiger partial charge in [-0.05, 0) is 56.9 Å². The molecule has 0 aromatic heterocycles. The number of phenolic OH excluding ortho intramolecular Hbond substituents is 1. The highest BCUT2D eigenvalue weighted by molar-refractivity contribution is 8.00. The van der Waals surface area contributed by atoms with Gasteiger partial charge in [0.15, 0.2) is 0 Å². The molecule has 1 N–H and O–H groups in total. The summed E-state index contributed by atoms with van der Waals surface area (Å²) in [7, 11) is -0.396. The number of aromatic hydroxyl groups is 1. The fourth-order valence-corrected chi connectivity index (χ4v) is 8.28. The van der Waals surface area contributed by atoms with E-state index in [2.05, 4.69) is 93.5 Å². The first kappa shape index (κ1) is 25.1. The second-order valence-corrected chi connectivity index (χ2v) is 14.8. The van der Waals surface area contributed by atoms with E-state index in [4.69, 9.17) is 0 Å².